The zero-order chi connectivity index (χ0) is 10.8. The number of nitrogens with two attached hydrogens (primary N) is 1. The first kappa shape index (κ1) is 10.3. The molecule has 0 saturated heterocycles. The van der Waals surface area contributed by atoms with Gasteiger partial charge in [0, 0.05) is 22.1 Å². The summed E-state index contributed by atoms with van der Waals surface area (Å²) >= 11 is 1.69. The quantitative estimate of drug-likeness (QED) is 0.842. The molecule has 0 fully saturated rings. The molecule has 2 rings (SSSR count). The number of hydrogen-bond donors (Lipinski definition) is 1. The van der Waals surface area contributed by atoms with Gasteiger partial charge in [0.15, 0.2) is 0 Å². The Hall–Kier alpha value is -1.26. The number of thiophene rings is 1. The lowest BCUT2D eigenvalue weighted by Gasteiger charge is -2.07. The largest absolute Gasteiger partial charge is 0.317 e. The standard InChI is InChI=1S/C11H13N3S/c1-7-5-13-11(14-6-7)10(12)9-4-3-8(2)15-9/h3-6,10H,12H2,1-2H3. The molecule has 2 aromatic heterocycles. The number of hydrogen-bond acceptors (Lipinski definition) is 4. The molecule has 1 unspecified atom stereocenters. The third-order valence-electron chi connectivity index (χ3n) is 2.15. The van der Waals surface area contributed by atoms with E-state index in [1.165, 1.54) is 4.88 Å². The fraction of sp³-hybridized carbons (Fsp3) is 0.273. The summed E-state index contributed by atoms with van der Waals surface area (Å²) in [4.78, 5) is 10.8. The normalized spacial score (nSPS) is 12.7. The molecule has 3 nitrogen and oxygen atoms in total. The van der Waals surface area contributed by atoms with Crippen molar-refractivity contribution in [2.45, 2.75) is 19.9 Å². The Bertz CT molecular complexity index is 447. The van der Waals surface area contributed by atoms with E-state index in [-0.39, 0.29) is 6.04 Å². The molecule has 0 saturated carbocycles. The Kier molecular flexibility index (Phi) is 2.79. The van der Waals surface area contributed by atoms with E-state index in [2.05, 4.69) is 23.0 Å². The van der Waals surface area contributed by atoms with Gasteiger partial charge in [0.2, 0.25) is 0 Å². The minimum absolute atomic E-state index is 0.204. The van der Waals surface area contributed by atoms with E-state index in [1.807, 2.05) is 13.0 Å². The molecule has 0 radical (unpaired) electrons. The minimum atomic E-state index is -0.204. The van der Waals surface area contributed by atoms with Crippen molar-refractivity contribution >= 4 is 11.3 Å². The molecule has 0 spiro atoms. The van der Waals surface area contributed by atoms with Gasteiger partial charge in [-0.05, 0) is 31.5 Å². The predicted molar refractivity (Wildman–Crippen MR) is 61.9 cm³/mol. The van der Waals surface area contributed by atoms with Crippen LogP contribution in [0.1, 0.15) is 27.2 Å². The Morgan fingerprint density at radius 2 is 1.87 bits per heavy atom. The van der Waals surface area contributed by atoms with Crippen molar-refractivity contribution in [3.8, 4) is 0 Å². The number of rotatable bonds is 2. The second-order valence-corrected chi connectivity index (χ2v) is 4.86. The van der Waals surface area contributed by atoms with E-state index in [4.69, 9.17) is 5.73 Å². The minimum Gasteiger partial charge on any atom is -0.317 e. The van der Waals surface area contributed by atoms with Gasteiger partial charge in [-0.1, -0.05) is 0 Å². The van der Waals surface area contributed by atoms with Gasteiger partial charge in [-0.25, -0.2) is 9.97 Å². The maximum Gasteiger partial charge on any atom is 0.150 e. The molecule has 0 bridgehead atoms. The summed E-state index contributed by atoms with van der Waals surface area (Å²) in [6.07, 6.45) is 3.59. The van der Waals surface area contributed by atoms with Gasteiger partial charge in [-0.15, -0.1) is 11.3 Å². The van der Waals surface area contributed by atoms with Crippen molar-refractivity contribution in [3.05, 3.63) is 45.7 Å². The zero-order valence-electron chi connectivity index (χ0n) is 8.77. The summed E-state index contributed by atoms with van der Waals surface area (Å²) in [6, 6.07) is 3.89. The lowest BCUT2D eigenvalue weighted by atomic mass is 10.2. The van der Waals surface area contributed by atoms with E-state index in [9.17, 15) is 0 Å². The van der Waals surface area contributed by atoms with Crippen molar-refractivity contribution in [2.75, 3.05) is 0 Å². The van der Waals surface area contributed by atoms with E-state index < -0.39 is 0 Å². The van der Waals surface area contributed by atoms with Crippen LogP contribution in [0.3, 0.4) is 0 Å². The fourth-order valence-corrected chi connectivity index (χ4v) is 2.19. The summed E-state index contributed by atoms with van der Waals surface area (Å²) in [5.74, 6) is 0.683. The molecule has 1 atom stereocenters. The molecule has 2 heterocycles. The maximum atomic E-state index is 6.07. The molecular weight excluding hydrogens is 206 g/mol. The Balaban J connectivity index is 2.28. The van der Waals surface area contributed by atoms with Crippen LogP contribution in [0.25, 0.3) is 0 Å². The van der Waals surface area contributed by atoms with Crippen LogP contribution in [-0.2, 0) is 0 Å². The van der Waals surface area contributed by atoms with Gasteiger partial charge in [0.25, 0.3) is 0 Å². The van der Waals surface area contributed by atoms with E-state index >= 15 is 0 Å². The Morgan fingerprint density at radius 3 is 2.40 bits per heavy atom. The highest BCUT2D eigenvalue weighted by Crippen LogP contribution is 2.24. The summed E-state index contributed by atoms with van der Waals surface area (Å²) in [5, 5.41) is 0. The maximum absolute atomic E-state index is 6.07. The van der Waals surface area contributed by atoms with Crippen molar-refractivity contribution in [3.63, 3.8) is 0 Å². The van der Waals surface area contributed by atoms with Gasteiger partial charge in [0.1, 0.15) is 5.82 Å². The van der Waals surface area contributed by atoms with Crippen molar-refractivity contribution in [1.82, 2.24) is 9.97 Å². The van der Waals surface area contributed by atoms with E-state index in [0.717, 1.165) is 10.4 Å². The highest BCUT2D eigenvalue weighted by molar-refractivity contribution is 7.12. The van der Waals surface area contributed by atoms with Crippen LogP contribution < -0.4 is 5.73 Å². The zero-order valence-corrected chi connectivity index (χ0v) is 9.58. The molecule has 15 heavy (non-hydrogen) atoms. The first-order valence-electron chi connectivity index (χ1n) is 4.77. The molecule has 0 aliphatic rings. The SMILES string of the molecule is Cc1cnc(C(N)c2ccc(C)s2)nc1. The van der Waals surface area contributed by atoms with Crippen LogP contribution in [0, 0.1) is 13.8 Å². The average Bonchev–Trinajstić information content (AvgIpc) is 2.65. The van der Waals surface area contributed by atoms with Crippen LogP contribution >= 0.6 is 11.3 Å². The van der Waals surface area contributed by atoms with E-state index in [1.54, 1.807) is 23.7 Å². The molecule has 0 aliphatic carbocycles. The smallest absolute Gasteiger partial charge is 0.150 e. The fourth-order valence-electron chi connectivity index (χ4n) is 1.31. The highest BCUT2D eigenvalue weighted by Gasteiger charge is 2.12. The molecule has 0 aliphatic heterocycles. The summed E-state index contributed by atoms with van der Waals surface area (Å²) < 4.78 is 0. The van der Waals surface area contributed by atoms with Gasteiger partial charge >= 0.3 is 0 Å². The molecule has 0 amide bonds. The highest BCUT2D eigenvalue weighted by atomic mass is 32.1. The van der Waals surface area contributed by atoms with Gasteiger partial charge in [0.05, 0.1) is 6.04 Å². The summed E-state index contributed by atoms with van der Waals surface area (Å²) in [6.45, 7) is 4.03. The molecule has 4 heteroatoms. The second kappa shape index (κ2) is 4.08. The monoisotopic (exact) mass is 219 g/mol. The third-order valence-corrected chi connectivity index (χ3v) is 3.23. The third kappa shape index (κ3) is 2.22. The first-order valence-corrected chi connectivity index (χ1v) is 5.59. The van der Waals surface area contributed by atoms with Gasteiger partial charge < -0.3 is 5.73 Å². The molecule has 0 aromatic carbocycles. The molecule has 2 aromatic rings. The lowest BCUT2D eigenvalue weighted by molar-refractivity contribution is 0.791. The van der Waals surface area contributed by atoms with Crippen LogP contribution in [0.2, 0.25) is 0 Å². The number of nitrogens with zero attached hydrogens (tertiary/aromatic N) is 2. The Morgan fingerprint density at radius 1 is 1.20 bits per heavy atom. The summed E-state index contributed by atoms with van der Waals surface area (Å²) in [7, 11) is 0. The van der Waals surface area contributed by atoms with E-state index in [0.29, 0.717) is 5.82 Å². The summed E-state index contributed by atoms with van der Waals surface area (Å²) in [5.41, 5.74) is 7.11. The molecule has 2 N–H and O–H groups in total. The topological polar surface area (TPSA) is 51.8 Å². The van der Waals surface area contributed by atoms with Crippen molar-refractivity contribution in [2.24, 2.45) is 5.73 Å². The number of aromatic nitrogens is 2. The van der Waals surface area contributed by atoms with Crippen molar-refractivity contribution in [1.29, 1.82) is 0 Å². The lowest BCUT2D eigenvalue weighted by Crippen LogP contribution is -2.13. The van der Waals surface area contributed by atoms with Crippen LogP contribution in [0.5, 0.6) is 0 Å². The molecule has 78 valence electrons. The first-order chi connectivity index (χ1) is 7.16. The van der Waals surface area contributed by atoms with Crippen molar-refractivity contribution < 1.29 is 0 Å². The van der Waals surface area contributed by atoms with Crippen LogP contribution in [0.4, 0.5) is 0 Å². The van der Waals surface area contributed by atoms with Gasteiger partial charge in [-0.2, -0.15) is 0 Å². The van der Waals surface area contributed by atoms with Crippen LogP contribution in [-0.4, -0.2) is 9.97 Å². The van der Waals surface area contributed by atoms with Crippen LogP contribution in [0.15, 0.2) is 24.5 Å². The second-order valence-electron chi connectivity index (χ2n) is 3.54. The average molecular weight is 219 g/mol. The predicted octanol–water partition coefficient (Wildman–Crippen LogP) is 2.20. The Labute approximate surface area is 93.0 Å². The molecular formula is C11H13N3S. The number of aryl methyl sites for hydroxylation is 2. The van der Waals surface area contributed by atoms with Gasteiger partial charge in [-0.3, -0.25) is 0 Å².